The molecule has 0 radical (unpaired) electrons. The first-order valence-electron chi connectivity index (χ1n) is 4.73. The molecule has 114 valence electrons. The van der Waals surface area contributed by atoms with Gasteiger partial charge < -0.3 is 5.73 Å². The van der Waals surface area contributed by atoms with Crippen molar-refractivity contribution in [3.63, 3.8) is 0 Å². The molecule has 1 aromatic rings. The molecule has 20 heavy (non-hydrogen) atoms. The van der Waals surface area contributed by atoms with E-state index in [1.54, 1.807) is 0 Å². The van der Waals surface area contributed by atoms with Crippen LogP contribution in [0.15, 0.2) is 4.90 Å². The Bertz CT molecular complexity index is 662. The van der Waals surface area contributed by atoms with Crippen LogP contribution in [0, 0.1) is 0 Å². The Kier molecular flexibility index (Phi) is 3.59. The lowest BCUT2D eigenvalue weighted by Gasteiger charge is -2.18. The SMILES string of the molecule is Cn1nc(C(F)(F)C(F)(F)F)c(S(C)(=O)=O)c1C(N)=O. The quantitative estimate of drug-likeness (QED) is 0.824. The summed E-state index contributed by atoms with van der Waals surface area (Å²) in [4.78, 5) is 9.52. The van der Waals surface area contributed by atoms with Gasteiger partial charge in [-0.3, -0.25) is 9.48 Å². The molecule has 1 amide bonds. The van der Waals surface area contributed by atoms with Gasteiger partial charge in [0.15, 0.2) is 15.5 Å². The van der Waals surface area contributed by atoms with E-state index in [1.807, 2.05) is 0 Å². The summed E-state index contributed by atoms with van der Waals surface area (Å²) in [6.07, 6.45) is -5.71. The number of hydrogen-bond acceptors (Lipinski definition) is 4. The summed E-state index contributed by atoms with van der Waals surface area (Å²) in [5.74, 6) is -7.04. The van der Waals surface area contributed by atoms with Gasteiger partial charge in [0, 0.05) is 13.3 Å². The number of primary amides is 1. The van der Waals surface area contributed by atoms with Crippen LogP contribution in [0.25, 0.3) is 0 Å². The molecule has 0 aliphatic rings. The van der Waals surface area contributed by atoms with Crippen molar-refractivity contribution < 1.29 is 35.2 Å². The normalized spacial score (nSPS) is 13.6. The molecule has 1 rings (SSSR count). The van der Waals surface area contributed by atoms with E-state index in [-0.39, 0.29) is 4.68 Å². The van der Waals surface area contributed by atoms with Crippen LogP contribution < -0.4 is 5.73 Å². The average molecular weight is 321 g/mol. The van der Waals surface area contributed by atoms with E-state index in [4.69, 9.17) is 5.73 Å². The zero-order chi connectivity index (χ0) is 16.1. The second-order valence-electron chi connectivity index (χ2n) is 3.86. The van der Waals surface area contributed by atoms with Gasteiger partial charge >= 0.3 is 12.1 Å². The molecule has 0 atom stereocenters. The lowest BCUT2D eigenvalue weighted by atomic mass is 10.2. The highest BCUT2D eigenvalue weighted by Crippen LogP contribution is 2.45. The highest BCUT2D eigenvalue weighted by Gasteiger charge is 2.62. The first kappa shape index (κ1) is 16.3. The number of nitrogens with zero attached hydrogens (tertiary/aromatic N) is 2. The fraction of sp³-hybridized carbons (Fsp3) is 0.500. The fourth-order valence-electron chi connectivity index (χ4n) is 1.47. The number of halogens is 5. The Labute approximate surface area is 109 Å². The summed E-state index contributed by atoms with van der Waals surface area (Å²) in [7, 11) is -3.77. The van der Waals surface area contributed by atoms with Crippen molar-refractivity contribution >= 4 is 15.7 Å². The lowest BCUT2D eigenvalue weighted by molar-refractivity contribution is -0.292. The average Bonchev–Trinajstić information content (AvgIpc) is 2.53. The van der Waals surface area contributed by atoms with Gasteiger partial charge in [0.2, 0.25) is 0 Å². The van der Waals surface area contributed by atoms with E-state index in [0.29, 0.717) is 6.26 Å². The summed E-state index contributed by atoms with van der Waals surface area (Å²) in [5, 5.41) is 2.80. The van der Waals surface area contributed by atoms with Crippen LogP contribution in [0.4, 0.5) is 22.0 Å². The summed E-state index contributed by atoms with van der Waals surface area (Å²) in [6.45, 7) is 0. The van der Waals surface area contributed by atoms with E-state index >= 15 is 0 Å². The van der Waals surface area contributed by atoms with Gasteiger partial charge in [-0.25, -0.2) is 8.42 Å². The number of carbonyl (C=O) groups excluding carboxylic acids is 1. The van der Waals surface area contributed by atoms with Gasteiger partial charge in [-0.15, -0.1) is 0 Å². The van der Waals surface area contributed by atoms with E-state index in [9.17, 15) is 35.2 Å². The van der Waals surface area contributed by atoms with Crippen molar-refractivity contribution in [2.45, 2.75) is 17.0 Å². The van der Waals surface area contributed by atoms with Crippen molar-refractivity contribution in [1.29, 1.82) is 0 Å². The standard InChI is InChI=1S/C8H8F5N3O3S/c1-16-3(6(14)17)4(20(2,18)19)5(15-16)7(9,10)8(11,12)13/h1-2H3,(H2,14,17). The van der Waals surface area contributed by atoms with Gasteiger partial charge in [0.1, 0.15) is 10.6 Å². The zero-order valence-electron chi connectivity index (χ0n) is 9.99. The molecule has 0 aliphatic heterocycles. The Hall–Kier alpha value is -1.72. The minimum atomic E-state index is -6.07. The molecule has 0 unspecified atom stereocenters. The molecule has 2 N–H and O–H groups in total. The first-order valence-corrected chi connectivity index (χ1v) is 6.62. The molecule has 0 spiro atoms. The van der Waals surface area contributed by atoms with Crippen molar-refractivity contribution in [2.75, 3.05) is 6.26 Å². The highest BCUT2D eigenvalue weighted by molar-refractivity contribution is 7.90. The lowest BCUT2D eigenvalue weighted by Crippen LogP contribution is -2.35. The van der Waals surface area contributed by atoms with Crippen LogP contribution >= 0.6 is 0 Å². The van der Waals surface area contributed by atoms with E-state index in [0.717, 1.165) is 7.05 Å². The molecular formula is C8H8F5N3O3S. The molecule has 1 heterocycles. The number of amides is 1. The van der Waals surface area contributed by atoms with Crippen LogP contribution in [0.2, 0.25) is 0 Å². The maximum atomic E-state index is 13.3. The van der Waals surface area contributed by atoms with Crippen molar-refractivity contribution in [2.24, 2.45) is 12.8 Å². The second kappa shape index (κ2) is 4.40. The molecule has 0 bridgehead atoms. The molecule has 0 saturated carbocycles. The Balaban J connectivity index is 3.85. The number of rotatable bonds is 3. The minimum Gasteiger partial charge on any atom is -0.364 e. The number of hydrogen-bond donors (Lipinski definition) is 1. The minimum absolute atomic E-state index is 0.272. The van der Waals surface area contributed by atoms with Gasteiger partial charge in [-0.2, -0.15) is 27.1 Å². The third kappa shape index (κ3) is 2.46. The van der Waals surface area contributed by atoms with E-state index in [1.165, 1.54) is 0 Å². The van der Waals surface area contributed by atoms with Crippen LogP contribution in [-0.2, 0) is 22.8 Å². The summed E-state index contributed by atoms with van der Waals surface area (Å²) in [6, 6.07) is 0. The first-order chi connectivity index (χ1) is 8.71. The van der Waals surface area contributed by atoms with Crippen LogP contribution in [0.5, 0.6) is 0 Å². The molecule has 1 aromatic heterocycles. The highest BCUT2D eigenvalue weighted by atomic mass is 32.2. The molecule has 0 aromatic carbocycles. The van der Waals surface area contributed by atoms with Crippen LogP contribution in [0.3, 0.4) is 0 Å². The number of nitrogens with two attached hydrogens (primary N) is 1. The number of alkyl halides is 5. The van der Waals surface area contributed by atoms with Crippen molar-refractivity contribution in [3.05, 3.63) is 11.4 Å². The molecule has 12 heteroatoms. The fourth-order valence-corrected chi connectivity index (χ4v) is 2.57. The predicted octanol–water partition coefficient (Wildman–Crippen LogP) is 0.577. The largest absolute Gasteiger partial charge is 0.459 e. The summed E-state index contributed by atoms with van der Waals surface area (Å²) < 4.78 is 86.6. The Morgan fingerprint density at radius 2 is 1.70 bits per heavy atom. The number of aryl methyl sites for hydroxylation is 1. The zero-order valence-corrected chi connectivity index (χ0v) is 10.8. The van der Waals surface area contributed by atoms with Gasteiger partial charge in [-0.05, 0) is 0 Å². The van der Waals surface area contributed by atoms with Crippen LogP contribution in [0.1, 0.15) is 16.2 Å². The van der Waals surface area contributed by atoms with Crippen molar-refractivity contribution in [1.82, 2.24) is 9.78 Å². The van der Waals surface area contributed by atoms with E-state index < -0.39 is 44.1 Å². The number of aromatic nitrogens is 2. The van der Waals surface area contributed by atoms with Gasteiger partial charge in [-0.1, -0.05) is 0 Å². The monoisotopic (exact) mass is 321 g/mol. The van der Waals surface area contributed by atoms with Crippen molar-refractivity contribution in [3.8, 4) is 0 Å². The molecule has 0 fully saturated rings. The number of sulfone groups is 1. The topological polar surface area (TPSA) is 95.1 Å². The third-order valence-corrected chi connectivity index (χ3v) is 3.39. The van der Waals surface area contributed by atoms with E-state index in [2.05, 4.69) is 5.10 Å². The maximum absolute atomic E-state index is 13.3. The molecule has 0 saturated heterocycles. The molecular weight excluding hydrogens is 313 g/mol. The maximum Gasteiger partial charge on any atom is 0.459 e. The Morgan fingerprint density at radius 3 is 2.00 bits per heavy atom. The predicted molar refractivity (Wildman–Crippen MR) is 54.8 cm³/mol. The Morgan fingerprint density at radius 1 is 1.25 bits per heavy atom. The smallest absolute Gasteiger partial charge is 0.364 e. The van der Waals surface area contributed by atoms with Gasteiger partial charge in [0.05, 0.1) is 0 Å². The van der Waals surface area contributed by atoms with Gasteiger partial charge in [0.25, 0.3) is 5.91 Å². The molecule has 0 aliphatic carbocycles. The summed E-state index contributed by atoms with van der Waals surface area (Å²) in [5.41, 5.74) is 1.66. The summed E-state index contributed by atoms with van der Waals surface area (Å²) >= 11 is 0. The van der Waals surface area contributed by atoms with Crippen LogP contribution in [-0.4, -0.2) is 36.5 Å². The second-order valence-corrected chi connectivity index (χ2v) is 5.81. The molecule has 6 nitrogen and oxygen atoms in total. The third-order valence-electron chi connectivity index (χ3n) is 2.26. The number of carbonyl (C=O) groups is 1.